The molecule has 0 aliphatic heterocycles. The van der Waals surface area contributed by atoms with Gasteiger partial charge in [0.15, 0.2) is 0 Å². The minimum absolute atomic E-state index is 0.233. The SMILES string of the molecule is CC1CCC(=O)C(CN(C)Cc2ccccc2Br)C1. The van der Waals surface area contributed by atoms with Crippen LogP contribution >= 0.6 is 15.9 Å². The second-order valence-corrected chi connectivity index (χ2v) is 6.69. The third-order valence-corrected chi connectivity index (χ3v) is 4.73. The second kappa shape index (κ2) is 6.67. The summed E-state index contributed by atoms with van der Waals surface area (Å²) in [4.78, 5) is 14.2. The van der Waals surface area contributed by atoms with Crippen LogP contribution in [0, 0.1) is 11.8 Å². The van der Waals surface area contributed by atoms with Gasteiger partial charge >= 0.3 is 0 Å². The minimum Gasteiger partial charge on any atom is -0.301 e. The van der Waals surface area contributed by atoms with Gasteiger partial charge in [0.1, 0.15) is 5.78 Å². The van der Waals surface area contributed by atoms with Gasteiger partial charge in [-0.2, -0.15) is 0 Å². The molecule has 2 nitrogen and oxygen atoms in total. The molecule has 2 atom stereocenters. The maximum Gasteiger partial charge on any atom is 0.137 e. The fourth-order valence-corrected chi connectivity index (χ4v) is 3.27. The summed E-state index contributed by atoms with van der Waals surface area (Å²) in [5.74, 6) is 1.38. The lowest BCUT2D eigenvalue weighted by Gasteiger charge is -2.29. The molecule has 1 aliphatic rings. The first kappa shape index (κ1) is 14.7. The molecule has 104 valence electrons. The van der Waals surface area contributed by atoms with Crippen LogP contribution in [-0.4, -0.2) is 24.3 Å². The summed E-state index contributed by atoms with van der Waals surface area (Å²) in [6, 6.07) is 8.28. The van der Waals surface area contributed by atoms with Gasteiger partial charge in [-0.05, 0) is 37.4 Å². The summed E-state index contributed by atoms with van der Waals surface area (Å²) in [5, 5.41) is 0. The van der Waals surface area contributed by atoms with E-state index >= 15 is 0 Å². The van der Waals surface area contributed by atoms with Crippen molar-refractivity contribution in [3.05, 3.63) is 34.3 Å². The predicted molar refractivity (Wildman–Crippen MR) is 82.0 cm³/mol. The first-order valence-electron chi connectivity index (χ1n) is 7.01. The van der Waals surface area contributed by atoms with Crippen LogP contribution in [0.3, 0.4) is 0 Å². The standard InChI is InChI=1S/C16H22BrNO/c1-12-7-8-16(19)14(9-12)11-18(2)10-13-5-3-4-6-15(13)17/h3-6,12,14H,7-11H2,1-2H3. The van der Waals surface area contributed by atoms with E-state index < -0.39 is 0 Å². The first-order valence-corrected chi connectivity index (χ1v) is 7.80. The van der Waals surface area contributed by atoms with Crippen LogP contribution in [0.4, 0.5) is 0 Å². The summed E-state index contributed by atoms with van der Waals surface area (Å²) in [6.07, 6.45) is 2.90. The number of benzene rings is 1. The molecule has 0 saturated heterocycles. The van der Waals surface area contributed by atoms with Gasteiger partial charge in [-0.1, -0.05) is 41.1 Å². The quantitative estimate of drug-likeness (QED) is 0.837. The van der Waals surface area contributed by atoms with E-state index in [2.05, 4.69) is 53.0 Å². The molecule has 3 heteroatoms. The van der Waals surface area contributed by atoms with Gasteiger partial charge in [-0.3, -0.25) is 4.79 Å². The number of rotatable bonds is 4. The van der Waals surface area contributed by atoms with E-state index in [1.54, 1.807) is 0 Å². The van der Waals surface area contributed by atoms with Crippen LogP contribution in [0.5, 0.6) is 0 Å². The summed E-state index contributed by atoms with van der Waals surface area (Å²) < 4.78 is 1.14. The Labute approximate surface area is 124 Å². The number of halogens is 1. The molecule has 1 aliphatic carbocycles. The van der Waals surface area contributed by atoms with Crippen molar-refractivity contribution in [1.82, 2.24) is 4.90 Å². The third kappa shape index (κ3) is 4.15. The van der Waals surface area contributed by atoms with Gasteiger partial charge in [0.05, 0.1) is 0 Å². The van der Waals surface area contributed by atoms with E-state index in [1.165, 1.54) is 5.56 Å². The molecule has 0 bridgehead atoms. The van der Waals surface area contributed by atoms with Crippen molar-refractivity contribution in [1.29, 1.82) is 0 Å². The van der Waals surface area contributed by atoms with Crippen molar-refractivity contribution in [3.63, 3.8) is 0 Å². The highest BCUT2D eigenvalue weighted by Crippen LogP contribution is 2.27. The van der Waals surface area contributed by atoms with Crippen molar-refractivity contribution >= 4 is 21.7 Å². The molecule has 1 saturated carbocycles. The Balaban J connectivity index is 1.92. The van der Waals surface area contributed by atoms with E-state index in [9.17, 15) is 4.79 Å². The highest BCUT2D eigenvalue weighted by Gasteiger charge is 2.27. The Morgan fingerprint density at radius 3 is 2.84 bits per heavy atom. The van der Waals surface area contributed by atoms with Crippen molar-refractivity contribution in [2.24, 2.45) is 11.8 Å². The number of nitrogens with zero attached hydrogens (tertiary/aromatic N) is 1. The largest absolute Gasteiger partial charge is 0.301 e. The van der Waals surface area contributed by atoms with Crippen molar-refractivity contribution in [2.45, 2.75) is 32.7 Å². The molecule has 2 rings (SSSR count). The molecule has 0 N–H and O–H groups in total. The number of ketones is 1. The zero-order valence-corrected chi connectivity index (χ0v) is 13.3. The summed E-state index contributed by atoms with van der Waals surface area (Å²) in [6.45, 7) is 4.03. The van der Waals surface area contributed by atoms with Gasteiger partial charge in [0, 0.05) is 29.9 Å². The lowest BCUT2D eigenvalue weighted by Crippen LogP contribution is -2.34. The molecule has 0 heterocycles. The van der Waals surface area contributed by atoms with E-state index in [4.69, 9.17) is 0 Å². The number of hydrogen-bond acceptors (Lipinski definition) is 2. The number of carbonyl (C=O) groups is 1. The molecule has 0 spiro atoms. The van der Waals surface area contributed by atoms with Crippen LogP contribution in [0.1, 0.15) is 31.7 Å². The van der Waals surface area contributed by atoms with E-state index in [0.717, 1.165) is 36.8 Å². The van der Waals surface area contributed by atoms with Crippen LogP contribution in [0.15, 0.2) is 28.7 Å². The van der Waals surface area contributed by atoms with Crippen LogP contribution < -0.4 is 0 Å². The highest BCUT2D eigenvalue weighted by atomic mass is 79.9. The molecule has 0 aromatic heterocycles. The van der Waals surface area contributed by atoms with Crippen molar-refractivity contribution in [3.8, 4) is 0 Å². The molecule has 0 radical (unpaired) electrons. The Hall–Kier alpha value is -0.670. The van der Waals surface area contributed by atoms with Crippen LogP contribution in [0.2, 0.25) is 0 Å². The molecular formula is C16H22BrNO. The van der Waals surface area contributed by atoms with Gasteiger partial charge in [-0.15, -0.1) is 0 Å². The smallest absolute Gasteiger partial charge is 0.137 e. The molecular weight excluding hydrogens is 302 g/mol. The van der Waals surface area contributed by atoms with Gasteiger partial charge in [0.25, 0.3) is 0 Å². The predicted octanol–water partition coefficient (Wildman–Crippen LogP) is 3.89. The molecule has 19 heavy (non-hydrogen) atoms. The zero-order chi connectivity index (χ0) is 13.8. The van der Waals surface area contributed by atoms with Crippen LogP contribution in [-0.2, 0) is 11.3 Å². The fraction of sp³-hybridized carbons (Fsp3) is 0.562. The number of Topliss-reactive ketones (excluding diaryl/α,β-unsaturated/α-hetero) is 1. The topological polar surface area (TPSA) is 20.3 Å². The Bertz CT molecular complexity index is 446. The lowest BCUT2D eigenvalue weighted by atomic mass is 9.81. The molecule has 1 aromatic rings. The molecule has 0 amide bonds. The van der Waals surface area contributed by atoms with Gasteiger partial charge < -0.3 is 4.90 Å². The fourth-order valence-electron chi connectivity index (χ4n) is 2.86. The normalized spacial score (nSPS) is 23.9. The highest BCUT2D eigenvalue weighted by molar-refractivity contribution is 9.10. The first-order chi connectivity index (χ1) is 9.06. The van der Waals surface area contributed by atoms with Crippen LogP contribution in [0.25, 0.3) is 0 Å². The summed E-state index contributed by atoms with van der Waals surface area (Å²) in [5.41, 5.74) is 1.28. The maximum atomic E-state index is 12.0. The van der Waals surface area contributed by atoms with Gasteiger partial charge in [-0.25, -0.2) is 0 Å². The maximum absolute atomic E-state index is 12.0. The van der Waals surface area contributed by atoms with Crippen molar-refractivity contribution in [2.75, 3.05) is 13.6 Å². The average Bonchev–Trinajstić information content (AvgIpc) is 2.37. The van der Waals surface area contributed by atoms with Gasteiger partial charge in [0.2, 0.25) is 0 Å². The Kier molecular flexibility index (Phi) is 5.17. The summed E-state index contributed by atoms with van der Waals surface area (Å²) in [7, 11) is 2.10. The molecule has 2 unspecified atom stereocenters. The molecule has 1 aromatic carbocycles. The van der Waals surface area contributed by atoms with Crippen molar-refractivity contribution < 1.29 is 4.79 Å². The molecule has 1 fully saturated rings. The number of hydrogen-bond donors (Lipinski definition) is 0. The Morgan fingerprint density at radius 2 is 2.11 bits per heavy atom. The minimum atomic E-state index is 0.233. The second-order valence-electron chi connectivity index (χ2n) is 5.83. The average molecular weight is 324 g/mol. The van der Waals surface area contributed by atoms with E-state index in [1.807, 2.05) is 6.07 Å². The van der Waals surface area contributed by atoms with E-state index in [0.29, 0.717) is 11.7 Å². The third-order valence-electron chi connectivity index (χ3n) is 3.96. The summed E-state index contributed by atoms with van der Waals surface area (Å²) >= 11 is 3.58. The zero-order valence-electron chi connectivity index (χ0n) is 11.7. The van der Waals surface area contributed by atoms with E-state index in [-0.39, 0.29) is 5.92 Å². The lowest BCUT2D eigenvalue weighted by molar-refractivity contribution is -0.126. The monoisotopic (exact) mass is 323 g/mol. The number of carbonyl (C=O) groups excluding carboxylic acids is 1. The Morgan fingerprint density at radius 1 is 1.37 bits per heavy atom.